The maximum Gasteiger partial charge on any atom is 0.342 e. The molecule has 0 radical (unpaired) electrons. The van der Waals surface area contributed by atoms with E-state index in [1.165, 1.54) is 24.3 Å². The molecule has 0 fully saturated rings. The van der Waals surface area contributed by atoms with E-state index in [4.69, 9.17) is 9.15 Å². The monoisotopic (exact) mass is 443 g/mol. The number of fused-ring (bicyclic) bond motifs is 1. The first-order chi connectivity index (χ1) is 14.7. The Hall–Kier alpha value is -3.13. The van der Waals surface area contributed by atoms with E-state index >= 15 is 0 Å². The Balaban J connectivity index is 2.20. The smallest absolute Gasteiger partial charge is 0.342 e. The molecule has 164 valence electrons. The van der Waals surface area contributed by atoms with Gasteiger partial charge in [0.1, 0.15) is 16.9 Å². The zero-order valence-electron chi connectivity index (χ0n) is 18.0. The van der Waals surface area contributed by atoms with E-state index in [1.54, 1.807) is 39.0 Å². The second-order valence-electron chi connectivity index (χ2n) is 7.16. The van der Waals surface area contributed by atoms with Gasteiger partial charge in [0.2, 0.25) is 5.91 Å². The number of amides is 1. The summed E-state index contributed by atoms with van der Waals surface area (Å²) in [6, 6.07) is 10.8. The molecule has 7 nitrogen and oxygen atoms in total. The summed E-state index contributed by atoms with van der Waals surface area (Å²) in [5, 5.41) is 0.391. The van der Waals surface area contributed by atoms with Gasteiger partial charge in [-0.05, 0) is 57.5 Å². The van der Waals surface area contributed by atoms with Gasteiger partial charge in [-0.2, -0.15) is 0 Å². The number of rotatable bonds is 7. The van der Waals surface area contributed by atoms with Gasteiger partial charge in [-0.25, -0.2) is 17.5 Å². The van der Waals surface area contributed by atoms with Gasteiger partial charge in [0.15, 0.2) is 0 Å². The fourth-order valence-electron chi connectivity index (χ4n) is 3.34. The predicted octanol–water partition coefficient (Wildman–Crippen LogP) is 4.75. The summed E-state index contributed by atoms with van der Waals surface area (Å²) >= 11 is 0. The van der Waals surface area contributed by atoms with Crippen LogP contribution in [0.2, 0.25) is 0 Å². The van der Waals surface area contributed by atoms with Crippen LogP contribution < -0.4 is 4.31 Å². The van der Waals surface area contributed by atoms with E-state index in [9.17, 15) is 18.0 Å². The van der Waals surface area contributed by atoms with Crippen molar-refractivity contribution >= 4 is 38.6 Å². The third kappa shape index (κ3) is 4.34. The molecular formula is C23H25NO6S. The summed E-state index contributed by atoms with van der Waals surface area (Å²) in [6.07, 6.45) is 0.540. The highest BCUT2D eigenvalue weighted by Crippen LogP contribution is 2.33. The van der Waals surface area contributed by atoms with Crippen molar-refractivity contribution in [2.24, 2.45) is 0 Å². The summed E-state index contributed by atoms with van der Waals surface area (Å²) in [5.74, 6) is -0.762. The topological polar surface area (TPSA) is 93.9 Å². The zero-order chi connectivity index (χ0) is 22.8. The molecule has 3 rings (SSSR count). The number of anilines is 1. The van der Waals surface area contributed by atoms with E-state index in [1.807, 2.05) is 6.92 Å². The average molecular weight is 444 g/mol. The molecular weight excluding hydrogens is 418 g/mol. The highest BCUT2D eigenvalue weighted by molar-refractivity contribution is 7.93. The summed E-state index contributed by atoms with van der Waals surface area (Å²) in [6.45, 7) is 7.17. The largest absolute Gasteiger partial charge is 0.462 e. The SMILES string of the molecule is CCCC(=O)N(c1ccc2oc(C)c(C(=O)OCC)c2c1)S(=O)(=O)c1ccc(C)cc1. The van der Waals surface area contributed by atoms with Crippen LogP contribution in [0.15, 0.2) is 51.8 Å². The molecule has 0 spiro atoms. The summed E-state index contributed by atoms with van der Waals surface area (Å²) in [7, 11) is -4.16. The Bertz CT molecular complexity index is 1220. The number of aryl methyl sites for hydroxylation is 2. The number of furan rings is 1. The van der Waals surface area contributed by atoms with Crippen molar-refractivity contribution in [1.82, 2.24) is 0 Å². The molecule has 0 aliphatic heterocycles. The number of sulfonamides is 1. The summed E-state index contributed by atoms with van der Waals surface area (Å²) in [5.41, 5.74) is 1.66. The number of hydrogen-bond acceptors (Lipinski definition) is 6. The minimum atomic E-state index is -4.16. The molecule has 0 unspecified atom stereocenters. The van der Waals surface area contributed by atoms with Crippen LogP contribution >= 0.6 is 0 Å². The molecule has 1 aromatic heterocycles. The molecule has 0 N–H and O–H groups in total. The van der Waals surface area contributed by atoms with Gasteiger partial charge in [0, 0.05) is 11.8 Å². The van der Waals surface area contributed by atoms with Crippen LogP contribution in [-0.4, -0.2) is 26.9 Å². The van der Waals surface area contributed by atoms with Crippen LogP contribution in [0, 0.1) is 13.8 Å². The van der Waals surface area contributed by atoms with Crippen molar-refractivity contribution < 1.29 is 27.2 Å². The van der Waals surface area contributed by atoms with Crippen molar-refractivity contribution in [2.75, 3.05) is 10.9 Å². The first kappa shape index (κ1) is 22.6. The fraction of sp³-hybridized carbons (Fsp3) is 0.304. The molecule has 0 saturated carbocycles. The zero-order valence-corrected chi connectivity index (χ0v) is 18.8. The summed E-state index contributed by atoms with van der Waals surface area (Å²) < 4.78 is 38.4. The van der Waals surface area contributed by atoms with Gasteiger partial charge in [0.05, 0.1) is 17.2 Å². The van der Waals surface area contributed by atoms with Crippen molar-refractivity contribution in [2.45, 2.75) is 45.4 Å². The molecule has 0 bridgehead atoms. The lowest BCUT2D eigenvalue weighted by molar-refractivity contribution is -0.117. The third-order valence-corrected chi connectivity index (χ3v) is 6.57. The van der Waals surface area contributed by atoms with E-state index in [-0.39, 0.29) is 29.2 Å². The predicted molar refractivity (Wildman–Crippen MR) is 118 cm³/mol. The molecule has 3 aromatic rings. The van der Waals surface area contributed by atoms with E-state index in [2.05, 4.69) is 0 Å². The molecule has 0 aliphatic rings. The molecule has 1 amide bonds. The third-order valence-electron chi connectivity index (χ3n) is 4.81. The average Bonchev–Trinajstić information content (AvgIpc) is 3.04. The maximum atomic E-state index is 13.4. The van der Waals surface area contributed by atoms with Gasteiger partial charge in [0.25, 0.3) is 10.0 Å². The lowest BCUT2D eigenvalue weighted by Gasteiger charge is -2.23. The lowest BCUT2D eigenvalue weighted by Crippen LogP contribution is -2.36. The minimum Gasteiger partial charge on any atom is -0.462 e. The number of hydrogen-bond donors (Lipinski definition) is 0. The van der Waals surface area contributed by atoms with E-state index in [0.29, 0.717) is 23.2 Å². The quantitative estimate of drug-likeness (QED) is 0.489. The molecule has 2 aromatic carbocycles. The Morgan fingerprint density at radius 2 is 1.71 bits per heavy atom. The minimum absolute atomic E-state index is 0.0108. The van der Waals surface area contributed by atoms with Crippen LogP contribution in [0.1, 0.15) is 48.4 Å². The standard InChI is InChI=1S/C23H25NO6S/c1-5-7-21(25)24(31(27,28)18-11-8-15(3)9-12-18)17-10-13-20-19(14-17)22(16(4)30-20)23(26)29-6-2/h8-14H,5-7H2,1-4H3. The summed E-state index contributed by atoms with van der Waals surface area (Å²) in [4.78, 5) is 25.4. The maximum absolute atomic E-state index is 13.4. The van der Waals surface area contributed by atoms with E-state index < -0.39 is 21.9 Å². The van der Waals surface area contributed by atoms with Crippen molar-refractivity contribution in [3.8, 4) is 0 Å². The number of ether oxygens (including phenoxy) is 1. The Morgan fingerprint density at radius 1 is 1.03 bits per heavy atom. The van der Waals surface area contributed by atoms with Crippen LogP contribution in [-0.2, 0) is 19.6 Å². The second-order valence-corrected chi connectivity index (χ2v) is 8.95. The van der Waals surface area contributed by atoms with Gasteiger partial charge in [-0.15, -0.1) is 0 Å². The van der Waals surface area contributed by atoms with Crippen molar-refractivity contribution in [1.29, 1.82) is 0 Å². The Kier molecular flexibility index (Phi) is 6.50. The Labute approximate surface area is 181 Å². The molecule has 0 saturated heterocycles. The number of carbonyl (C=O) groups is 2. The molecule has 0 aliphatic carbocycles. The molecule has 8 heteroatoms. The normalized spacial score (nSPS) is 11.5. The second kappa shape index (κ2) is 8.93. The van der Waals surface area contributed by atoms with E-state index in [0.717, 1.165) is 9.87 Å². The van der Waals surface area contributed by atoms with Crippen LogP contribution in [0.4, 0.5) is 5.69 Å². The molecule has 0 atom stereocenters. The van der Waals surface area contributed by atoms with Gasteiger partial charge in [-0.1, -0.05) is 24.6 Å². The Morgan fingerprint density at radius 3 is 2.32 bits per heavy atom. The van der Waals surface area contributed by atoms with Crippen LogP contribution in [0.5, 0.6) is 0 Å². The van der Waals surface area contributed by atoms with Gasteiger partial charge in [-0.3, -0.25) is 4.79 Å². The number of carbonyl (C=O) groups excluding carboxylic acids is 2. The fourth-order valence-corrected chi connectivity index (χ4v) is 4.78. The first-order valence-electron chi connectivity index (χ1n) is 10.1. The highest BCUT2D eigenvalue weighted by atomic mass is 32.2. The van der Waals surface area contributed by atoms with Crippen LogP contribution in [0.3, 0.4) is 0 Å². The van der Waals surface area contributed by atoms with Crippen molar-refractivity contribution in [3.63, 3.8) is 0 Å². The first-order valence-corrected chi connectivity index (χ1v) is 11.5. The van der Waals surface area contributed by atoms with Crippen molar-refractivity contribution in [3.05, 3.63) is 59.4 Å². The number of esters is 1. The lowest BCUT2D eigenvalue weighted by atomic mass is 10.1. The van der Waals surface area contributed by atoms with Crippen LogP contribution in [0.25, 0.3) is 11.0 Å². The number of nitrogens with zero attached hydrogens (tertiary/aromatic N) is 1. The van der Waals surface area contributed by atoms with Gasteiger partial charge >= 0.3 is 5.97 Å². The highest BCUT2D eigenvalue weighted by Gasteiger charge is 2.31. The van der Waals surface area contributed by atoms with Gasteiger partial charge < -0.3 is 9.15 Å². The molecule has 31 heavy (non-hydrogen) atoms. The number of benzene rings is 2. The molecule has 1 heterocycles.